The highest BCUT2D eigenvalue weighted by molar-refractivity contribution is 6.73. The molecule has 0 aliphatic heterocycles. The monoisotopic (exact) mass is 299 g/mol. The van der Waals surface area contributed by atoms with Crippen LogP contribution in [-0.2, 0) is 6.61 Å². The van der Waals surface area contributed by atoms with Crippen molar-refractivity contribution in [2.45, 2.75) is 13.5 Å². The third-order valence-electron chi connectivity index (χ3n) is 2.86. The smallest absolute Gasteiger partial charge is 0.489 e. The molecule has 6 heteroatoms. The van der Waals surface area contributed by atoms with Crippen molar-refractivity contribution in [1.82, 2.24) is 0 Å². The topological polar surface area (TPSA) is 9.23 Å². The second kappa shape index (κ2) is 5.79. The van der Waals surface area contributed by atoms with E-state index in [1.54, 1.807) is 25.1 Å². The van der Waals surface area contributed by atoms with E-state index in [4.69, 9.17) is 16.3 Å². The largest absolute Gasteiger partial charge is 0.509 e. The molecule has 0 spiro atoms. The zero-order valence-corrected chi connectivity index (χ0v) is 11.5. The molecule has 0 atom stereocenters. The first-order valence-corrected chi connectivity index (χ1v) is 6.42. The molecule has 0 unspecified atom stereocenters. The summed E-state index contributed by atoms with van der Waals surface area (Å²) in [4.78, 5) is 0. The maximum Gasteiger partial charge on any atom is 0.509 e. The van der Waals surface area contributed by atoms with Crippen molar-refractivity contribution in [3.8, 4) is 5.75 Å². The van der Waals surface area contributed by atoms with Crippen LogP contribution in [0, 0.1) is 6.92 Å². The molecule has 1 nitrogen and oxygen atoms in total. The van der Waals surface area contributed by atoms with E-state index in [2.05, 4.69) is 0 Å². The van der Waals surface area contributed by atoms with Crippen molar-refractivity contribution in [2.75, 3.05) is 0 Å². The number of aryl methyl sites for hydroxylation is 1. The predicted molar refractivity (Wildman–Crippen MR) is 75.7 cm³/mol. The molecule has 0 aliphatic rings. The summed E-state index contributed by atoms with van der Waals surface area (Å²) in [6.45, 7) is -3.12. The van der Waals surface area contributed by atoms with Gasteiger partial charge in [0.1, 0.15) is 12.4 Å². The first-order chi connectivity index (χ1) is 9.36. The molecule has 0 fully saturated rings. The van der Waals surface area contributed by atoms with E-state index in [9.17, 15) is 12.9 Å². The third kappa shape index (κ3) is 3.70. The molecule has 20 heavy (non-hydrogen) atoms. The van der Waals surface area contributed by atoms with E-state index < -0.39 is 12.4 Å². The van der Waals surface area contributed by atoms with Crippen LogP contribution < -0.4 is 10.2 Å². The zero-order valence-electron chi connectivity index (χ0n) is 10.7. The van der Waals surface area contributed by atoms with Gasteiger partial charge in [-0.25, -0.2) is 0 Å². The Balaban J connectivity index is 2.11. The van der Waals surface area contributed by atoms with Crippen LogP contribution in [0.1, 0.15) is 11.1 Å². The number of ether oxygens (including phenoxy) is 1. The summed E-state index contributed by atoms with van der Waals surface area (Å²) in [6, 6.07) is 10.6. The second-order valence-electron chi connectivity index (χ2n) is 4.52. The molecule has 0 aliphatic carbocycles. The molecule has 0 amide bonds. The molecule has 106 valence electrons. The van der Waals surface area contributed by atoms with Crippen LogP contribution in [0.3, 0.4) is 0 Å². The zero-order chi connectivity index (χ0) is 14.8. The molecule has 0 saturated carbocycles. The van der Waals surface area contributed by atoms with Crippen molar-refractivity contribution < 1.29 is 17.7 Å². The van der Waals surface area contributed by atoms with Crippen molar-refractivity contribution >= 4 is 24.0 Å². The summed E-state index contributed by atoms with van der Waals surface area (Å²) in [7, 11) is 0. The molecule has 2 aromatic carbocycles. The van der Waals surface area contributed by atoms with Gasteiger partial charge in [-0.15, -0.1) is 5.46 Å². The molecular formula is C14H12BClF3O-. The fraction of sp³-hybridized carbons (Fsp3) is 0.143. The number of hydrogen-bond acceptors (Lipinski definition) is 1. The fourth-order valence-corrected chi connectivity index (χ4v) is 2.04. The summed E-state index contributed by atoms with van der Waals surface area (Å²) in [5, 5.41) is 0.595. The summed E-state index contributed by atoms with van der Waals surface area (Å²) in [6.07, 6.45) is 0. The van der Waals surface area contributed by atoms with Gasteiger partial charge in [0, 0.05) is 5.02 Å². The molecule has 0 bridgehead atoms. The summed E-state index contributed by atoms with van der Waals surface area (Å²) in [5.74, 6) is 0.439. The Morgan fingerprint density at radius 3 is 2.45 bits per heavy atom. The van der Waals surface area contributed by atoms with Crippen LogP contribution in [0.15, 0.2) is 42.5 Å². The minimum atomic E-state index is -4.98. The van der Waals surface area contributed by atoms with Gasteiger partial charge in [0.15, 0.2) is 0 Å². The highest BCUT2D eigenvalue weighted by atomic mass is 35.5. The average molecular weight is 300 g/mol. The lowest BCUT2D eigenvalue weighted by atomic mass is 9.79. The van der Waals surface area contributed by atoms with Gasteiger partial charge in [0.25, 0.3) is 0 Å². The van der Waals surface area contributed by atoms with Crippen LogP contribution in [0.4, 0.5) is 12.9 Å². The van der Waals surface area contributed by atoms with Crippen molar-refractivity contribution in [3.05, 3.63) is 58.6 Å². The van der Waals surface area contributed by atoms with E-state index in [1.807, 2.05) is 6.07 Å². The van der Waals surface area contributed by atoms with E-state index in [-0.39, 0.29) is 6.61 Å². The normalized spacial score (nSPS) is 11.4. The van der Waals surface area contributed by atoms with Gasteiger partial charge in [-0.05, 0) is 36.2 Å². The van der Waals surface area contributed by atoms with Crippen LogP contribution in [0.5, 0.6) is 5.75 Å². The number of benzene rings is 2. The molecular weight excluding hydrogens is 287 g/mol. The third-order valence-corrected chi connectivity index (χ3v) is 3.10. The lowest BCUT2D eigenvalue weighted by molar-refractivity contribution is 0.304. The van der Waals surface area contributed by atoms with Crippen molar-refractivity contribution in [2.24, 2.45) is 0 Å². The van der Waals surface area contributed by atoms with Gasteiger partial charge < -0.3 is 17.7 Å². The van der Waals surface area contributed by atoms with Gasteiger partial charge in [0.2, 0.25) is 0 Å². The fourth-order valence-electron chi connectivity index (χ4n) is 1.83. The highest BCUT2D eigenvalue weighted by Gasteiger charge is 2.25. The lowest BCUT2D eigenvalue weighted by Crippen LogP contribution is -2.34. The van der Waals surface area contributed by atoms with E-state index >= 15 is 0 Å². The van der Waals surface area contributed by atoms with E-state index in [1.165, 1.54) is 6.07 Å². The van der Waals surface area contributed by atoms with Crippen molar-refractivity contribution in [1.29, 1.82) is 0 Å². The molecule has 0 saturated heterocycles. The summed E-state index contributed by atoms with van der Waals surface area (Å²) < 4.78 is 43.3. The SMILES string of the molecule is Cc1cc([B-](F)(F)F)ccc1OCc1cccc(Cl)c1. The number of hydrogen-bond donors (Lipinski definition) is 0. The molecule has 0 N–H and O–H groups in total. The van der Waals surface area contributed by atoms with Gasteiger partial charge >= 0.3 is 6.98 Å². The Hall–Kier alpha value is -1.62. The van der Waals surface area contributed by atoms with Crippen LogP contribution in [0.2, 0.25) is 5.02 Å². The first kappa shape index (κ1) is 14.8. The van der Waals surface area contributed by atoms with E-state index in [0.717, 1.165) is 17.7 Å². The lowest BCUT2D eigenvalue weighted by Gasteiger charge is -2.17. The maximum atomic E-state index is 12.6. The minimum Gasteiger partial charge on any atom is -0.489 e. The maximum absolute atomic E-state index is 12.6. The molecule has 0 aromatic heterocycles. The van der Waals surface area contributed by atoms with Crippen LogP contribution in [0.25, 0.3) is 0 Å². The molecule has 2 rings (SSSR count). The Labute approximate surface area is 120 Å². The van der Waals surface area contributed by atoms with Gasteiger partial charge in [-0.3, -0.25) is 0 Å². The Morgan fingerprint density at radius 1 is 1.10 bits per heavy atom. The Kier molecular flexibility index (Phi) is 4.28. The van der Waals surface area contributed by atoms with Crippen molar-refractivity contribution in [3.63, 3.8) is 0 Å². The van der Waals surface area contributed by atoms with Gasteiger partial charge in [-0.1, -0.05) is 35.9 Å². The van der Waals surface area contributed by atoms with E-state index in [0.29, 0.717) is 16.3 Å². The summed E-state index contributed by atoms with van der Waals surface area (Å²) >= 11 is 5.85. The molecule has 2 aromatic rings. The highest BCUT2D eigenvalue weighted by Crippen LogP contribution is 2.20. The Morgan fingerprint density at radius 2 is 1.85 bits per heavy atom. The minimum absolute atomic E-state index is 0.262. The number of halogens is 4. The predicted octanol–water partition coefficient (Wildman–Crippen LogP) is 4.28. The van der Waals surface area contributed by atoms with Gasteiger partial charge in [-0.2, -0.15) is 0 Å². The standard InChI is InChI=1S/C14H12BClF3O/c1-10-7-12(15(17,18)19)5-6-14(10)20-9-11-3-2-4-13(16)8-11/h2-8H,9H2,1H3/q-1. The number of rotatable bonds is 4. The average Bonchev–Trinajstić information content (AvgIpc) is 2.36. The molecule has 0 heterocycles. The van der Waals surface area contributed by atoms with Gasteiger partial charge in [0.05, 0.1) is 0 Å². The molecule has 0 radical (unpaired) electrons. The van der Waals surface area contributed by atoms with Crippen LogP contribution in [-0.4, -0.2) is 6.98 Å². The second-order valence-corrected chi connectivity index (χ2v) is 4.95. The Bertz CT molecular complexity index is 614. The van der Waals surface area contributed by atoms with Crippen LogP contribution >= 0.6 is 11.6 Å². The quantitative estimate of drug-likeness (QED) is 0.766. The first-order valence-electron chi connectivity index (χ1n) is 6.04. The summed E-state index contributed by atoms with van der Waals surface area (Å²) in [5.41, 5.74) is 0.711.